The number of rotatable bonds is 4. The molecule has 2 saturated heterocycles. The number of amides is 4. The first kappa shape index (κ1) is 19.3. The summed E-state index contributed by atoms with van der Waals surface area (Å²) in [7, 11) is 0. The Labute approximate surface area is 156 Å². The minimum absolute atomic E-state index is 0.0964. The molecule has 2 heterocycles. The molecule has 8 heteroatoms. The van der Waals surface area contributed by atoms with Crippen LogP contribution in [0.25, 0.3) is 0 Å². The number of nitrogens with one attached hydrogen (secondary N) is 1. The Balaban J connectivity index is 1.82. The summed E-state index contributed by atoms with van der Waals surface area (Å²) in [4.78, 5) is 40.4. The van der Waals surface area contributed by atoms with Crippen molar-refractivity contribution in [3.63, 3.8) is 0 Å². The van der Waals surface area contributed by atoms with Crippen molar-refractivity contribution in [3.05, 3.63) is 35.4 Å². The number of carbonyl (C=O) groups is 3. The van der Waals surface area contributed by atoms with E-state index in [0.717, 1.165) is 48.8 Å². The van der Waals surface area contributed by atoms with Crippen LogP contribution in [-0.2, 0) is 15.1 Å². The molecule has 146 valence electrons. The Kier molecular flexibility index (Phi) is 5.17. The monoisotopic (exact) mass is 379 g/mol. The van der Waals surface area contributed by atoms with Crippen LogP contribution in [0.4, 0.5) is 13.6 Å². The number of nitrogens with zero attached hydrogens (tertiary/aromatic N) is 2. The molecule has 1 aromatic carbocycles. The first-order valence-electron chi connectivity index (χ1n) is 9.17. The third kappa shape index (κ3) is 3.40. The van der Waals surface area contributed by atoms with Gasteiger partial charge in [0.05, 0.1) is 0 Å². The predicted octanol–water partition coefficient (Wildman–Crippen LogP) is 2.52. The zero-order valence-corrected chi connectivity index (χ0v) is 15.4. The van der Waals surface area contributed by atoms with Crippen LogP contribution in [-0.4, -0.2) is 46.8 Å². The van der Waals surface area contributed by atoms with Gasteiger partial charge in [0.2, 0.25) is 5.91 Å². The number of benzene rings is 1. The molecule has 0 radical (unpaired) electrons. The number of imide groups is 1. The molecule has 2 fully saturated rings. The molecule has 2 aliphatic heterocycles. The highest BCUT2D eigenvalue weighted by molar-refractivity contribution is 6.09. The van der Waals surface area contributed by atoms with Crippen molar-refractivity contribution in [2.75, 3.05) is 13.1 Å². The van der Waals surface area contributed by atoms with E-state index in [1.807, 2.05) is 6.92 Å². The van der Waals surface area contributed by atoms with Crippen LogP contribution in [0.2, 0.25) is 0 Å². The Hall–Kier alpha value is -2.51. The summed E-state index contributed by atoms with van der Waals surface area (Å²) in [6.07, 6.45) is 3.63. The number of carbonyl (C=O) groups excluding carboxylic acids is 3. The number of hydrogen-bond acceptors (Lipinski definition) is 3. The smallest absolute Gasteiger partial charge is 0.325 e. The van der Waals surface area contributed by atoms with Crippen LogP contribution < -0.4 is 5.32 Å². The maximum atomic E-state index is 14.2. The molecular weight excluding hydrogens is 356 g/mol. The standard InChI is InChI=1S/C19H23F2N3O3/c1-3-13-6-4-5-9-23(13)16(25)11-24-17(26)19(2,22-18(24)27)14-10-12(20)7-8-15(14)21/h7-8,10,13H,3-6,9,11H2,1-2H3,(H,22,27). The Morgan fingerprint density at radius 3 is 2.74 bits per heavy atom. The number of hydrogen-bond donors (Lipinski definition) is 1. The Bertz CT molecular complexity index is 785. The number of halogens is 2. The summed E-state index contributed by atoms with van der Waals surface area (Å²) in [6, 6.07) is 2.04. The van der Waals surface area contributed by atoms with E-state index in [2.05, 4.69) is 5.32 Å². The van der Waals surface area contributed by atoms with Gasteiger partial charge < -0.3 is 10.2 Å². The van der Waals surface area contributed by atoms with E-state index in [0.29, 0.717) is 6.54 Å². The lowest BCUT2D eigenvalue weighted by atomic mass is 9.91. The molecule has 0 bridgehead atoms. The molecule has 2 unspecified atom stereocenters. The predicted molar refractivity (Wildman–Crippen MR) is 93.6 cm³/mol. The van der Waals surface area contributed by atoms with Gasteiger partial charge >= 0.3 is 6.03 Å². The van der Waals surface area contributed by atoms with Gasteiger partial charge in [-0.2, -0.15) is 0 Å². The highest BCUT2D eigenvalue weighted by atomic mass is 19.1. The van der Waals surface area contributed by atoms with Crippen molar-refractivity contribution in [1.29, 1.82) is 0 Å². The molecule has 2 atom stereocenters. The van der Waals surface area contributed by atoms with Crippen molar-refractivity contribution in [2.24, 2.45) is 0 Å². The van der Waals surface area contributed by atoms with E-state index >= 15 is 0 Å². The lowest BCUT2D eigenvalue weighted by Gasteiger charge is -2.36. The van der Waals surface area contributed by atoms with E-state index < -0.39 is 35.7 Å². The highest BCUT2D eigenvalue weighted by Gasteiger charge is 2.51. The fraction of sp³-hybridized carbons (Fsp3) is 0.526. The SMILES string of the molecule is CCC1CCCCN1C(=O)CN1C(=O)NC(C)(c2cc(F)ccc2F)C1=O. The van der Waals surface area contributed by atoms with Gasteiger partial charge in [0, 0.05) is 18.2 Å². The maximum Gasteiger partial charge on any atom is 0.325 e. The third-order valence-electron chi connectivity index (χ3n) is 5.45. The van der Waals surface area contributed by atoms with Crippen LogP contribution in [0, 0.1) is 11.6 Å². The van der Waals surface area contributed by atoms with E-state index in [-0.39, 0.29) is 17.5 Å². The molecule has 0 aromatic heterocycles. The first-order valence-corrected chi connectivity index (χ1v) is 9.17. The average molecular weight is 379 g/mol. The van der Waals surface area contributed by atoms with Gasteiger partial charge in [0.1, 0.15) is 23.7 Å². The molecule has 4 amide bonds. The third-order valence-corrected chi connectivity index (χ3v) is 5.45. The van der Waals surface area contributed by atoms with Crippen molar-refractivity contribution < 1.29 is 23.2 Å². The molecule has 2 aliphatic rings. The molecule has 27 heavy (non-hydrogen) atoms. The van der Waals surface area contributed by atoms with Gasteiger partial charge in [-0.1, -0.05) is 6.92 Å². The topological polar surface area (TPSA) is 69.7 Å². The fourth-order valence-electron chi connectivity index (χ4n) is 3.88. The Morgan fingerprint density at radius 2 is 2.04 bits per heavy atom. The van der Waals surface area contributed by atoms with Crippen molar-refractivity contribution >= 4 is 17.8 Å². The van der Waals surface area contributed by atoms with Crippen LogP contribution in [0.5, 0.6) is 0 Å². The molecule has 6 nitrogen and oxygen atoms in total. The lowest BCUT2D eigenvalue weighted by molar-refractivity contribution is -0.141. The second-order valence-corrected chi connectivity index (χ2v) is 7.22. The maximum absolute atomic E-state index is 14.2. The molecule has 0 spiro atoms. The second kappa shape index (κ2) is 7.25. The molecule has 0 aliphatic carbocycles. The van der Waals surface area contributed by atoms with Crippen molar-refractivity contribution in [3.8, 4) is 0 Å². The van der Waals surface area contributed by atoms with Crippen molar-refractivity contribution in [1.82, 2.24) is 15.1 Å². The Morgan fingerprint density at radius 1 is 1.30 bits per heavy atom. The zero-order chi connectivity index (χ0) is 19.8. The summed E-state index contributed by atoms with van der Waals surface area (Å²) < 4.78 is 27.7. The highest BCUT2D eigenvalue weighted by Crippen LogP contribution is 2.31. The van der Waals surface area contributed by atoms with Gasteiger partial charge in [0.25, 0.3) is 5.91 Å². The molecular formula is C19H23F2N3O3. The summed E-state index contributed by atoms with van der Waals surface area (Å²) in [5, 5.41) is 2.41. The number of likely N-dealkylation sites (tertiary alicyclic amines) is 1. The van der Waals surface area contributed by atoms with Crippen LogP contribution in [0.3, 0.4) is 0 Å². The van der Waals surface area contributed by atoms with Crippen LogP contribution in [0.1, 0.15) is 45.1 Å². The van der Waals surface area contributed by atoms with Crippen molar-refractivity contribution in [2.45, 2.75) is 51.1 Å². The zero-order valence-electron chi connectivity index (χ0n) is 15.4. The molecule has 3 rings (SSSR count). The van der Waals surface area contributed by atoms with E-state index in [9.17, 15) is 23.2 Å². The molecule has 0 saturated carbocycles. The average Bonchev–Trinajstić information content (AvgIpc) is 2.87. The minimum Gasteiger partial charge on any atom is -0.338 e. The minimum atomic E-state index is -1.75. The second-order valence-electron chi connectivity index (χ2n) is 7.22. The summed E-state index contributed by atoms with van der Waals surface area (Å²) in [6.45, 7) is 3.49. The van der Waals surface area contributed by atoms with Crippen LogP contribution >= 0.6 is 0 Å². The largest absolute Gasteiger partial charge is 0.338 e. The first-order chi connectivity index (χ1) is 12.8. The normalized spacial score (nSPS) is 25.7. The van der Waals surface area contributed by atoms with Gasteiger partial charge in [-0.15, -0.1) is 0 Å². The van der Waals surface area contributed by atoms with E-state index in [1.54, 1.807) is 4.90 Å². The number of piperidine rings is 1. The lowest BCUT2D eigenvalue weighted by Crippen LogP contribution is -2.49. The summed E-state index contributed by atoms with van der Waals surface area (Å²) in [5.41, 5.74) is -2.02. The summed E-state index contributed by atoms with van der Waals surface area (Å²) in [5.74, 6) is -2.60. The summed E-state index contributed by atoms with van der Waals surface area (Å²) >= 11 is 0. The van der Waals surface area contributed by atoms with Gasteiger partial charge in [0.15, 0.2) is 0 Å². The fourth-order valence-corrected chi connectivity index (χ4v) is 3.88. The van der Waals surface area contributed by atoms with Gasteiger partial charge in [-0.3, -0.25) is 14.5 Å². The van der Waals surface area contributed by atoms with Crippen LogP contribution in [0.15, 0.2) is 18.2 Å². The quantitative estimate of drug-likeness (QED) is 0.818. The van der Waals surface area contributed by atoms with Gasteiger partial charge in [-0.05, 0) is 50.8 Å². The molecule has 1 aromatic rings. The van der Waals surface area contributed by atoms with Gasteiger partial charge in [-0.25, -0.2) is 13.6 Å². The van der Waals surface area contributed by atoms with E-state index in [1.165, 1.54) is 6.92 Å². The molecule has 1 N–H and O–H groups in total. The number of urea groups is 1. The van der Waals surface area contributed by atoms with E-state index in [4.69, 9.17) is 0 Å².